The Hall–Kier alpha value is -3.25. The first kappa shape index (κ1) is 34.2. The molecule has 0 fully saturated rings. The van der Waals surface area contributed by atoms with E-state index in [4.69, 9.17) is 25.0 Å². The van der Waals surface area contributed by atoms with E-state index in [0.29, 0.717) is 17.6 Å². The standard InChI is InChI=1S/C4H4O4.C4H6O2.C3H4O2.C2H4O3S.CH4/c5-3(6)1-2-4(7)8;1-3(2)4(5)6;1-2-3(4)5;1-2-6(3,4)5;/h1-2H,(H,5,6)(H,7,8);1H2,2H3,(H,5,6);2H,1H2,(H,4,5);2H,1H2,(H,3,4,5);1H4/b2-1-;;;;. The van der Waals surface area contributed by atoms with Crippen LogP contribution in [-0.4, -0.2) is 57.3 Å². The van der Waals surface area contributed by atoms with Crippen LogP contribution in [0.1, 0.15) is 14.4 Å². The van der Waals surface area contributed by atoms with Gasteiger partial charge in [-0.3, -0.25) is 4.55 Å². The van der Waals surface area contributed by atoms with E-state index in [2.05, 4.69) is 19.7 Å². The molecule has 0 radical (unpaired) electrons. The van der Waals surface area contributed by atoms with Crippen molar-refractivity contribution in [2.75, 3.05) is 0 Å². The average molecular weight is 398 g/mol. The molecule has 0 rings (SSSR count). The maximum absolute atomic E-state index is 9.60. The van der Waals surface area contributed by atoms with Crippen molar-refractivity contribution in [3.63, 3.8) is 0 Å². The summed E-state index contributed by atoms with van der Waals surface area (Å²) in [5.74, 6) is -4.43. The molecule has 0 saturated carbocycles. The fourth-order valence-corrected chi connectivity index (χ4v) is 0.143. The molecule has 0 aliphatic rings. The third-order valence-electron chi connectivity index (χ3n) is 1.12. The van der Waals surface area contributed by atoms with Crippen LogP contribution in [0.2, 0.25) is 0 Å². The van der Waals surface area contributed by atoms with E-state index in [-0.39, 0.29) is 13.0 Å². The van der Waals surface area contributed by atoms with Crippen LogP contribution in [0.3, 0.4) is 0 Å². The summed E-state index contributed by atoms with van der Waals surface area (Å²) in [4.78, 5) is 38.0. The topological polar surface area (TPSA) is 204 Å². The highest BCUT2D eigenvalue weighted by Gasteiger charge is 1.90. The molecule has 0 spiro atoms. The molecule has 0 heterocycles. The van der Waals surface area contributed by atoms with E-state index in [1.165, 1.54) is 6.92 Å². The fraction of sp³-hybridized carbons (Fsp3) is 0.143. The Labute approximate surface area is 150 Å². The normalized spacial score (nSPS) is 8.38. The fourth-order valence-electron chi connectivity index (χ4n) is 0.143. The van der Waals surface area contributed by atoms with E-state index in [1.54, 1.807) is 0 Å². The van der Waals surface area contributed by atoms with Crippen molar-refractivity contribution in [3.8, 4) is 0 Å². The van der Waals surface area contributed by atoms with E-state index < -0.39 is 34.0 Å². The van der Waals surface area contributed by atoms with Crippen LogP contribution in [0, 0.1) is 0 Å². The molecule has 0 aromatic heterocycles. The molecule has 11 nitrogen and oxygen atoms in total. The third-order valence-corrected chi connectivity index (χ3v) is 1.54. The van der Waals surface area contributed by atoms with Gasteiger partial charge < -0.3 is 20.4 Å². The minimum Gasteiger partial charge on any atom is -0.478 e. The van der Waals surface area contributed by atoms with Gasteiger partial charge in [-0.15, -0.1) is 0 Å². The Morgan fingerprint density at radius 2 is 1.04 bits per heavy atom. The van der Waals surface area contributed by atoms with Crippen molar-refractivity contribution in [1.29, 1.82) is 0 Å². The number of hydrogen-bond acceptors (Lipinski definition) is 6. The van der Waals surface area contributed by atoms with Crippen molar-refractivity contribution in [1.82, 2.24) is 0 Å². The van der Waals surface area contributed by atoms with Crippen LogP contribution in [-0.2, 0) is 29.3 Å². The largest absolute Gasteiger partial charge is 0.478 e. The van der Waals surface area contributed by atoms with Crippen LogP contribution >= 0.6 is 0 Å². The number of hydrogen-bond donors (Lipinski definition) is 5. The molecule has 0 amide bonds. The SMILES string of the molecule is C.C=C(C)C(=O)O.C=CC(=O)O.C=CS(=O)(=O)O.O=C(O)/C=C\C(=O)O. The summed E-state index contributed by atoms with van der Waals surface area (Å²) in [6.45, 7) is 10.4. The highest BCUT2D eigenvalue weighted by atomic mass is 32.2. The highest BCUT2D eigenvalue weighted by molar-refractivity contribution is 7.88. The smallest absolute Gasteiger partial charge is 0.330 e. The van der Waals surface area contributed by atoms with Gasteiger partial charge in [0.2, 0.25) is 0 Å². The number of carbonyl (C=O) groups is 4. The molecule has 0 atom stereocenters. The van der Waals surface area contributed by atoms with Crippen LogP contribution in [0.15, 0.2) is 48.9 Å². The zero-order valence-corrected chi connectivity index (χ0v) is 13.8. The Kier molecular flexibility index (Phi) is 26.0. The monoisotopic (exact) mass is 398 g/mol. The summed E-state index contributed by atoms with van der Waals surface area (Å²) >= 11 is 0. The van der Waals surface area contributed by atoms with Gasteiger partial charge in [0.25, 0.3) is 10.1 Å². The maximum atomic E-state index is 9.60. The molecule has 0 saturated heterocycles. The molecular formula is C14H22O11S. The number of carboxylic acids is 4. The molecular weight excluding hydrogens is 376 g/mol. The minimum atomic E-state index is -3.90. The number of rotatable bonds is 5. The summed E-state index contributed by atoms with van der Waals surface area (Å²) in [5, 5.41) is 31.6. The second-order valence-electron chi connectivity index (χ2n) is 3.32. The summed E-state index contributed by atoms with van der Waals surface area (Å²) in [5.41, 5.74) is 0.176. The maximum Gasteiger partial charge on any atom is 0.330 e. The lowest BCUT2D eigenvalue weighted by Crippen LogP contribution is -1.92. The first-order valence-corrected chi connectivity index (χ1v) is 7.09. The Morgan fingerprint density at radius 1 is 0.846 bits per heavy atom. The van der Waals surface area contributed by atoms with E-state index in [0.717, 1.165) is 6.08 Å². The number of aliphatic carboxylic acids is 4. The van der Waals surface area contributed by atoms with Crippen molar-refractivity contribution in [2.24, 2.45) is 0 Å². The zero-order chi connectivity index (χ0) is 21.2. The molecule has 5 N–H and O–H groups in total. The van der Waals surface area contributed by atoms with Crippen LogP contribution in [0.4, 0.5) is 0 Å². The van der Waals surface area contributed by atoms with Gasteiger partial charge in [-0.25, -0.2) is 19.2 Å². The first-order chi connectivity index (χ1) is 11.1. The quantitative estimate of drug-likeness (QED) is 0.329. The van der Waals surface area contributed by atoms with Crippen molar-refractivity contribution >= 4 is 34.0 Å². The Morgan fingerprint density at radius 3 is 1.08 bits per heavy atom. The van der Waals surface area contributed by atoms with Gasteiger partial charge in [0.15, 0.2) is 0 Å². The van der Waals surface area contributed by atoms with E-state index in [9.17, 15) is 27.6 Å². The Balaban J connectivity index is -0.0000000756. The zero-order valence-electron chi connectivity index (χ0n) is 13.0. The lowest BCUT2D eigenvalue weighted by Gasteiger charge is -1.79. The lowest BCUT2D eigenvalue weighted by molar-refractivity contribution is -0.134. The second kappa shape index (κ2) is 19.8. The predicted molar refractivity (Wildman–Crippen MR) is 93.2 cm³/mol. The number of carboxylic acid groups (broad SMARTS) is 4. The van der Waals surface area contributed by atoms with E-state index >= 15 is 0 Å². The second-order valence-corrected chi connectivity index (χ2v) is 4.68. The van der Waals surface area contributed by atoms with Crippen molar-refractivity contribution < 1.29 is 52.6 Å². The average Bonchev–Trinajstić information content (AvgIpc) is 2.46. The van der Waals surface area contributed by atoms with Gasteiger partial charge >= 0.3 is 23.9 Å². The molecule has 0 aliphatic carbocycles. The van der Waals surface area contributed by atoms with Gasteiger partial charge in [-0.2, -0.15) is 8.42 Å². The van der Waals surface area contributed by atoms with Gasteiger partial charge in [0, 0.05) is 23.8 Å². The summed E-state index contributed by atoms with van der Waals surface area (Å²) < 4.78 is 26.6. The van der Waals surface area contributed by atoms with Crippen molar-refractivity contribution in [2.45, 2.75) is 14.4 Å². The molecule has 12 heteroatoms. The van der Waals surface area contributed by atoms with Crippen LogP contribution in [0.25, 0.3) is 0 Å². The van der Waals surface area contributed by atoms with Gasteiger partial charge in [-0.05, 0) is 6.92 Å². The molecule has 0 bridgehead atoms. The van der Waals surface area contributed by atoms with Crippen LogP contribution in [0.5, 0.6) is 0 Å². The van der Waals surface area contributed by atoms with Gasteiger partial charge in [0.1, 0.15) is 0 Å². The highest BCUT2D eigenvalue weighted by Crippen LogP contribution is 1.81. The van der Waals surface area contributed by atoms with Crippen LogP contribution < -0.4 is 0 Å². The molecule has 0 aliphatic heterocycles. The van der Waals surface area contributed by atoms with E-state index in [1.807, 2.05) is 0 Å². The van der Waals surface area contributed by atoms with Gasteiger partial charge in [-0.1, -0.05) is 27.2 Å². The minimum absolute atomic E-state index is 0. The molecule has 0 unspecified atom stereocenters. The first-order valence-electron chi connectivity index (χ1n) is 5.58. The Bertz CT molecular complexity index is 588. The lowest BCUT2D eigenvalue weighted by atomic mass is 10.4. The molecule has 0 aromatic rings. The van der Waals surface area contributed by atoms with Crippen molar-refractivity contribution in [3.05, 3.63) is 48.9 Å². The molecule has 26 heavy (non-hydrogen) atoms. The summed E-state index contributed by atoms with van der Waals surface area (Å²) in [6.07, 6.45) is 1.95. The summed E-state index contributed by atoms with van der Waals surface area (Å²) in [6, 6.07) is 0. The molecule has 0 aromatic carbocycles. The predicted octanol–water partition coefficient (Wildman–Crippen LogP) is 1.27. The molecule has 150 valence electrons. The van der Waals surface area contributed by atoms with Gasteiger partial charge in [0.05, 0.1) is 5.41 Å². The third kappa shape index (κ3) is 70.0. The summed E-state index contributed by atoms with van der Waals surface area (Å²) in [7, 11) is -3.90.